The van der Waals surface area contributed by atoms with Crippen molar-refractivity contribution in [3.05, 3.63) is 35.2 Å². The fourth-order valence-corrected chi connectivity index (χ4v) is 5.64. The molecule has 1 aliphatic carbocycles. The highest BCUT2D eigenvalue weighted by Crippen LogP contribution is 2.40. The lowest BCUT2D eigenvalue weighted by molar-refractivity contribution is 0.000724. The first-order chi connectivity index (χ1) is 10.3. The topological polar surface area (TPSA) is 3.24 Å². The standard InChI is InChI=1S/C19H25NS/c1-2-15-11-14-7-8-18(15)20(12-14)10-9-16-13-21-19-6-4-3-5-17(16)19/h3-6,13-15,18H,2,7-12H2,1H3. The molecule has 21 heavy (non-hydrogen) atoms. The predicted octanol–water partition coefficient (Wildman–Crippen LogP) is 4.95. The van der Waals surface area contributed by atoms with Gasteiger partial charge in [0.1, 0.15) is 0 Å². The highest BCUT2D eigenvalue weighted by atomic mass is 32.1. The lowest BCUT2D eigenvalue weighted by Gasteiger charge is -2.50. The summed E-state index contributed by atoms with van der Waals surface area (Å²) in [7, 11) is 0. The minimum absolute atomic E-state index is 0.880. The fraction of sp³-hybridized carbons (Fsp3) is 0.579. The van der Waals surface area contributed by atoms with Crippen LogP contribution in [0.3, 0.4) is 0 Å². The molecule has 0 amide bonds. The third-order valence-corrected chi connectivity index (χ3v) is 6.78. The van der Waals surface area contributed by atoms with Crippen LogP contribution in [0.4, 0.5) is 0 Å². The lowest BCUT2D eigenvalue weighted by Crippen LogP contribution is -2.53. The van der Waals surface area contributed by atoms with E-state index in [0.29, 0.717) is 0 Å². The van der Waals surface area contributed by atoms with Crippen LogP contribution in [0.2, 0.25) is 0 Å². The molecule has 2 aromatic rings. The Morgan fingerprint density at radius 3 is 3.00 bits per heavy atom. The van der Waals surface area contributed by atoms with Gasteiger partial charge in [-0.2, -0.15) is 0 Å². The van der Waals surface area contributed by atoms with Crippen LogP contribution in [0, 0.1) is 11.8 Å². The summed E-state index contributed by atoms with van der Waals surface area (Å²) < 4.78 is 1.44. The molecule has 5 rings (SSSR count). The van der Waals surface area contributed by atoms with E-state index >= 15 is 0 Å². The first-order valence-corrected chi connectivity index (χ1v) is 9.42. The normalized spacial score (nSPS) is 29.3. The van der Waals surface area contributed by atoms with Crippen molar-refractivity contribution >= 4 is 21.4 Å². The molecule has 2 heteroatoms. The minimum Gasteiger partial charge on any atom is -0.300 e. The van der Waals surface area contributed by atoms with E-state index in [0.717, 1.165) is 17.9 Å². The molecule has 112 valence electrons. The van der Waals surface area contributed by atoms with E-state index in [2.05, 4.69) is 41.5 Å². The smallest absolute Gasteiger partial charge is 0.0345 e. The summed E-state index contributed by atoms with van der Waals surface area (Å²) in [6.45, 7) is 5.01. The van der Waals surface area contributed by atoms with E-state index in [-0.39, 0.29) is 0 Å². The van der Waals surface area contributed by atoms with E-state index in [4.69, 9.17) is 0 Å². The zero-order chi connectivity index (χ0) is 14.2. The summed E-state index contributed by atoms with van der Waals surface area (Å²) in [6, 6.07) is 9.75. The minimum atomic E-state index is 0.880. The van der Waals surface area contributed by atoms with Crippen LogP contribution in [0.5, 0.6) is 0 Å². The molecular formula is C19H25NS. The van der Waals surface area contributed by atoms with Gasteiger partial charge in [-0.25, -0.2) is 0 Å². The average Bonchev–Trinajstić information content (AvgIpc) is 2.96. The maximum absolute atomic E-state index is 2.82. The molecule has 0 spiro atoms. The number of hydrogen-bond acceptors (Lipinski definition) is 2. The van der Waals surface area contributed by atoms with E-state index in [1.54, 1.807) is 5.56 Å². The van der Waals surface area contributed by atoms with Gasteiger partial charge in [0.2, 0.25) is 0 Å². The van der Waals surface area contributed by atoms with Crippen molar-refractivity contribution in [1.29, 1.82) is 0 Å². The first kappa shape index (κ1) is 13.8. The molecule has 2 saturated heterocycles. The quantitative estimate of drug-likeness (QED) is 0.771. The van der Waals surface area contributed by atoms with Gasteiger partial charge < -0.3 is 0 Å². The first-order valence-electron chi connectivity index (χ1n) is 8.54. The molecule has 3 fully saturated rings. The van der Waals surface area contributed by atoms with Gasteiger partial charge in [-0.15, -0.1) is 11.3 Å². The predicted molar refractivity (Wildman–Crippen MR) is 92.0 cm³/mol. The highest BCUT2D eigenvalue weighted by molar-refractivity contribution is 7.17. The Kier molecular flexibility index (Phi) is 3.76. The van der Waals surface area contributed by atoms with Crippen molar-refractivity contribution in [3.8, 4) is 0 Å². The third-order valence-electron chi connectivity index (χ3n) is 5.77. The van der Waals surface area contributed by atoms with Gasteiger partial charge in [0.15, 0.2) is 0 Å². The van der Waals surface area contributed by atoms with Crippen LogP contribution in [0.15, 0.2) is 29.6 Å². The summed E-state index contributed by atoms with van der Waals surface area (Å²) in [4.78, 5) is 2.82. The molecule has 1 saturated carbocycles. The zero-order valence-corrected chi connectivity index (χ0v) is 13.7. The Morgan fingerprint density at radius 2 is 2.14 bits per heavy atom. The molecule has 0 radical (unpaired) electrons. The highest BCUT2D eigenvalue weighted by Gasteiger charge is 2.39. The molecule has 0 N–H and O–H groups in total. The molecule has 3 unspecified atom stereocenters. The Hall–Kier alpha value is -0.860. The third kappa shape index (κ3) is 2.53. The van der Waals surface area contributed by atoms with Crippen LogP contribution in [-0.2, 0) is 6.42 Å². The van der Waals surface area contributed by atoms with Crippen molar-refractivity contribution in [2.45, 2.75) is 45.1 Å². The van der Waals surface area contributed by atoms with Crippen LogP contribution in [0.1, 0.15) is 38.2 Å². The van der Waals surface area contributed by atoms with Crippen LogP contribution >= 0.6 is 11.3 Å². The van der Waals surface area contributed by atoms with E-state index in [1.165, 1.54) is 55.3 Å². The summed E-state index contributed by atoms with van der Waals surface area (Å²) in [6.07, 6.45) is 7.04. The number of rotatable bonds is 4. The molecular weight excluding hydrogens is 274 g/mol. The van der Waals surface area contributed by atoms with Gasteiger partial charge in [0, 0.05) is 23.8 Å². The van der Waals surface area contributed by atoms with Crippen molar-refractivity contribution < 1.29 is 0 Å². The van der Waals surface area contributed by atoms with Crippen molar-refractivity contribution in [2.24, 2.45) is 11.8 Å². The molecule has 3 heterocycles. The second kappa shape index (κ2) is 5.73. The number of nitrogens with zero attached hydrogens (tertiary/aromatic N) is 1. The second-order valence-corrected chi connectivity index (χ2v) is 7.83. The number of fused-ring (bicyclic) bond motifs is 4. The number of benzene rings is 1. The van der Waals surface area contributed by atoms with E-state index in [1.807, 2.05) is 11.3 Å². The van der Waals surface area contributed by atoms with Gasteiger partial charge in [-0.1, -0.05) is 31.5 Å². The van der Waals surface area contributed by atoms with Gasteiger partial charge in [0.05, 0.1) is 0 Å². The Morgan fingerprint density at radius 1 is 1.24 bits per heavy atom. The SMILES string of the molecule is CCC1CC2CCC1N(CCc1csc3ccccc13)C2. The Labute approximate surface area is 132 Å². The molecule has 1 aromatic carbocycles. The summed E-state index contributed by atoms with van der Waals surface area (Å²) in [5.74, 6) is 1.95. The van der Waals surface area contributed by atoms with Crippen molar-refractivity contribution in [3.63, 3.8) is 0 Å². The van der Waals surface area contributed by atoms with Gasteiger partial charge in [0.25, 0.3) is 0 Å². The maximum atomic E-state index is 2.82. The van der Waals surface area contributed by atoms with Crippen molar-refractivity contribution in [2.75, 3.05) is 13.1 Å². The summed E-state index contributed by atoms with van der Waals surface area (Å²) in [5.41, 5.74) is 1.56. The second-order valence-electron chi connectivity index (χ2n) is 6.92. The van der Waals surface area contributed by atoms with Crippen LogP contribution in [-0.4, -0.2) is 24.0 Å². The molecule has 3 atom stereocenters. The lowest BCUT2D eigenvalue weighted by atomic mass is 9.71. The number of thiophene rings is 1. The number of hydrogen-bond donors (Lipinski definition) is 0. The largest absolute Gasteiger partial charge is 0.300 e. The van der Waals surface area contributed by atoms with Gasteiger partial charge >= 0.3 is 0 Å². The maximum Gasteiger partial charge on any atom is 0.0345 e. The molecule has 3 aliphatic rings. The van der Waals surface area contributed by atoms with Crippen molar-refractivity contribution in [1.82, 2.24) is 4.90 Å². The van der Waals surface area contributed by atoms with Gasteiger partial charge in [-0.05, 0) is 59.9 Å². The van der Waals surface area contributed by atoms with E-state index < -0.39 is 0 Å². The van der Waals surface area contributed by atoms with E-state index in [9.17, 15) is 0 Å². The number of piperidine rings is 2. The zero-order valence-electron chi connectivity index (χ0n) is 12.9. The monoisotopic (exact) mass is 299 g/mol. The van der Waals surface area contributed by atoms with Crippen LogP contribution < -0.4 is 0 Å². The Balaban J connectivity index is 1.47. The molecule has 2 bridgehead atoms. The average molecular weight is 299 g/mol. The Bertz CT molecular complexity index is 617. The molecule has 2 aliphatic heterocycles. The summed E-state index contributed by atoms with van der Waals surface area (Å²) >= 11 is 1.90. The summed E-state index contributed by atoms with van der Waals surface area (Å²) in [5, 5.41) is 3.86. The van der Waals surface area contributed by atoms with Crippen LogP contribution in [0.25, 0.3) is 10.1 Å². The van der Waals surface area contributed by atoms with Gasteiger partial charge in [-0.3, -0.25) is 4.90 Å². The fourth-order valence-electron chi connectivity index (χ4n) is 4.65. The molecule has 1 aromatic heterocycles. The molecule has 1 nitrogen and oxygen atoms in total.